The maximum absolute atomic E-state index is 13.2. The molecule has 2 N–H and O–H groups in total. The van der Waals surface area contributed by atoms with Gasteiger partial charge in [-0.3, -0.25) is 24.6 Å². The molecule has 2 aliphatic rings. The third-order valence-corrected chi connectivity index (χ3v) is 6.52. The molecule has 0 saturated carbocycles. The number of imide groups is 1. The first-order valence-electron chi connectivity index (χ1n) is 11.3. The van der Waals surface area contributed by atoms with Crippen LogP contribution in [0.5, 0.6) is 0 Å². The molecule has 4 atom stereocenters. The molecule has 2 aliphatic heterocycles. The van der Waals surface area contributed by atoms with Gasteiger partial charge in [-0.05, 0) is 50.3 Å². The van der Waals surface area contributed by atoms with E-state index in [-0.39, 0.29) is 41.9 Å². The number of benzene rings is 1. The van der Waals surface area contributed by atoms with Crippen molar-refractivity contribution in [1.29, 1.82) is 0 Å². The normalized spacial score (nSPS) is 28.3. The first kappa shape index (κ1) is 23.4. The highest BCUT2D eigenvalue weighted by Gasteiger charge is 2.42. The average Bonchev–Trinajstić information content (AvgIpc) is 2.68. The molecule has 1 aromatic carbocycles. The van der Waals surface area contributed by atoms with Crippen LogP contribution in [0.25, 0.3) is 0 Å². The number of piperidine rings is 1. The number of nitrogens with one attached hydrogen (secondary N) is 2. The van der Waals surface area contributed by atoms with Crippen molar-refractivity contribution in [2.24, 2.45) is 5.92 Å². The Morgan fingerprint density at radius 3 is 2.32 bits per heavy atom. The molecule has 0 spiro atoms. The molecule has 3 amide bonds. The predicted octanol–water partition coefficient (Wildman–Crippen LogP) is 2.84. The summed E-state index contributed by atoms with van der Waals surface area (Å²) >= 11 is 0. The lowest BCUT2D eigenvalue weighted by molar-refractivity contribution is -0.138. The fourth-order valence-corrected chi connectivity index (χ4v) is 4.99. The number of hydrogen-bond acceptors (Lipinski definition) is 5. The van der Waals surface area contributed by atoms with E-state index in [9.17, 15) is 14.4 Å². The van der Waals surface area contributed by atoms with E-state index in [1.165, 1.54) is 0 Å². The van der Waals surface area contributed by atoms with Crippen LogP contribution in [0.4, 0.5) is 5.69 Å². The van der Waals surface area contributed by atoms with Crippen LogP contribution in [-0.2, 0) is 24.5 Å². The summed E-state index contributed by atoms with van der Waals surface area (Å²) in [6.07, 6.45) is 1.64. The number of anilines is 1. The predicted molar refractivity (Wildman–Crippen MR) is 120 cm³/mol. The fraction of sp³-hybridized carbons (Fsp3) is 0.625. The molecule has 3 rings (SSSR count). The molecular formula is C24H35N3O4. The number of nitrogens with zero attached hydrogens (tertiary/aromatic N) is 1. The number of carbonyl (C=O) groups excluding carboxylic acids is 3. The maximum atomic E-state index is 13.2. The zero-order valence-electron chi connectivity index (χ0n) is 19.2. The van der Waals surface area contributed by atoms with Crippen LogP contribution in [-0.4, -0.2) is 54.0 Å². The Hall–Kier alpha value is -2.25. The van der Waals surface area contributed by atoms with E-state index in [1.807, 2.05) is 45.0 Å². The molecule has 0 bridgehead atoms. The third kappa shape index (κ3) is 4.99. The van der Waals surface area contributed by atoms with E-state index < -0.39 is 5.41 Å². The molecule has 7 nitrogen and oxygen atoms in total. The lowest BCUT2D eigenvalue weighted by atomic mass is 9.72. The zero-order chi connectivity index (χ0) is 22.8. The summed E-state index contributed by atoms with van der Waals surface area (Å²) in [6.45, 7) is 11.6. The van der Waals surface area contributed by atoms with Crippen LogP contribution in [0.2, 0.25) is 0 Å². The highest BCUT2D eigenvalue weighted by molar-refractivity contribution is 6.03. The molecule has 2 heterocycles. The second-order valence-corrected chi connectivity index (χ2v) is 9.28. The molecule has 7 heteroatoms. The van der Waals surface area contributed by atoms with Crippen LogP contribution in [0.3, 0.4) is 0 Å². The van der Waals surface area contributed by atoms with Crippen LogP contribution < -0.4 is 10.6 Å². The average molecular weight is 430 g/mol. The van der Waals surface area contributed by atoms with Gasteiger partial charge in [0.15, 0.2) is 0 Å². The Morgan fingerprint density at radius 2 is 1.81 bits per heavy atom. The van der Waals surface area contributed by atoms with Gasteiger partial charge in [0.1, 0.15) is 0 Å². The standard InChI is InChI=1S/C24H35N3O4/c1-6-24(12-11-20(28)26-23(24)30)18-7-9-19(10-8-18)25-22(29)21(15(2)3)27-13-16(4)31-17(5)14-27/h7-10,15-17,21H,6,11-14H2,1-5H3,(H,25,29)(H,26,28,30). The van der Waals surface area contributed by atoms with Crippen molar-refractivity contribution in [3.63, 3.8) is 0 Å². The molecule has 4 unspecified atom stereocenters. The minimum absolute atomic E-state index is 0.0322. The number of ether oxygens (including phenoxy) is 1. The number of hydrogen-bond donors (Lipinski definition) is 2. The van der Waals surface area contributed by atoms with Crippen molar-refractivity contribution in [2.45, 2.75) is 77.5 Å². The van der Waals surface area contributed by atoms with Crippen molar-refractivity contribution in [1.82, 2.24) is 10.2 Å². The van der Waals surface area contributed by atoms with Gasteiger partial charge in [-0.25, -0.2) is 0 Å². The fourth-order valence-electron chi connectivity index (χ4n) is 4.99. The summed E-state index contributed by atoms with van der Waals surface area (Å²) < 4.78 is 5.82. The quantitative estimate of drug-likeness (QED) is 0.679. The number of amides is 3. The van der Waals surface area contributed by atoms with E-state index in [0.717, 1.165) is 18.7 Å². The Bertz CT molecular complexity index is 813. The largest absolute Gasteiger partial charge is 0.373 e. The third-order valence-electron chi connectivity index (χ3n) is 6.52. The van der Waals surface area contributed by atoms with Crippen molar-refractivity contribution < 1.29 is 19.1 Å². The summed E-state index contributed by atoms with van der Waals surface area (Å²) in [5, 5.41) is 5.53. The molecule has 0 aromatic heterocycles. The summed E-state index contributed by atoms with van der Waals surface area (Å²) in [7, 11) is 0. The molecule has 2 fully saturated rings. The molecule has 0 aliphatic carbocycles. The van der Waals surface area contributed by atoms with Crippen LogP contribution in [0.15, 0.2) is 24.3 Å². The van der Waals surface area contributed by atoms with Crippen molar-refractivity contribution in [3.8, 4) is 0 Å². The minimum atomic E-state index is -0.697. The summed E-state index contributed by atoms with van der Waals surface area (Å²) in [5.74, 6) is -0.332. The second-order valence-electron chi connectivity index (χ2n) is 9.28. The summed E-state index contributed by atoms with van der Waals surface area (Å²) in [6, 6.07) is 7.22. The first-order valence-corrected chi connectivity index (χ1v) is 11.3. The lowest BCUT2D eigenvalue weighted by Gasteiger charge is -2.41. The Kier molecular flexibility index (Phi) is 7.17. The van der Waals surface area contributed by atoms with E-state index in [0.29, 0.717) is 24.9 Å². The SMILES string of the molecule is CCC1(c2ccc(NC(=O)C(C(C)C)N3CC(C)OC(C)C3)cc2)CCC(=O)NC1=O. The van der Waals surface area contributed by atoms with E-state index >= 15 is 0 Å². The highest BCUT2D eigenvalue weighted by Crippen LogP contribution is 2.36. The van der Waals surface area contributed by atoms with Crippen molar-refractivity contribution >= 4 is 23.4 Å². The summed E-state index contributed by atoms with van der Waals surface area (Å²) in [4.78, 5) is 39.6. The van der Waals surface area contributed by atoms with Crippen molar-refractivity contribution in [3.05, 3.63) is 29.8 Å². The van der Waals surface area contributed by atoms with Crippen LogP contribution in [0, 0.1) is 5.92 Å². The van der Waals surface area contributed by atoms with Crippen molar-refractivity contribution in [2.75, 3.05) is 18.4 Å². The van der Waals surface area contributed by atoms with Crippen LogP contribution in [0.1, 0.15) is 59.4 Å². The molecule has 1 aromatic rings. The molecule has 2 saturated heterocycles. The van der Waals surface area contributed by atoms with Gasteiger partial charge in [0.05, 0.1) is 23.7 Å². The van der Waals surface area contributed by atoms with Gasteiger partial charge in [-0.1, -0.05) is 32.9 Å². The molecule has 0 radical (unpaired) electrons. The molecule has 31 heavy (non-hydrogen) atoms. The number of carbonyl (C=O) groups is 3. The van der Waals surface area contributed by atoms with Gasteiger partial charge in [0.2, 0.25) is 17.7 Å². The topological polar surface area (TPSA) is 87.7 Å². The maximum Gasteiger partial charge on any atom is 0.241 e. The minimum Gasteiger partial charge on any atom is -0.373 e. The Morgan fingerprint density at radius 1 is 1.19 bits per heavy atom. The smallest absolute Gasteiger partial charge is 0.241 e. The van der Waals surface area contributed by atoms with Gasteiger partial charge in [-0.2, -0.15) is 0 Å². The van der Waals surface area contributed by atoms with E-state index in [4.69, 9.17) is 4.74 Å². The van der Waals surface area contributed by atoms with Gasteiger partial charge in [-0.15, -0.1) is 0 Å². The zero-order valence-corrected chi connectivity index (χ0v) is 19.2. The molecule has 170 valence electrons. The highest BCUT2D eigenvalue weighted by atomic mass is 16.5. The Labute approximate surface area is 184 Å². The first-order chi connectivity index (χ1) is 14.7. The monoisotopic (exact) mass is 429 g/mol. The van der Waals surface area contributed by atoms with Gasteiger partial charge >= 0.3 is 0 Å². The Balaban J connectivity index is 1.74. The van der Waals surface area contributed by atoms with E-state index in [1.54, 1.807) is 0 Å². The lowest BCUT2D eigenvalue weighted by Crippen LogP contribution is -2.55. The number of morpholine rings is 1. The molecular weight excluding hydrogens is 394 g/mol. The summed E-state index contributed by atoms with van der Waals surface area (Å²) in [5.41, 5.74) is 0.873. The van der Waals surface area contributed by atoms with Gasteiger partial charge < -0.3 is 10.1 Å². The number of rotatable bonds is 6. The van der Waals surface area contributed by atoms with Gasteiger partial charge in [0, 0.05) is 25.2 Å². The van der Waals surface area contributed by atoms with Gasteiger partial charge in [0.25, 0.3) is 0 Å². The van der Waals surface area contributed by atoms with E-state index in [2.05, 4.69) is 29.4 Å². The second kappa shape index (κ2) is 9.49. The van der Waals surface area contributed by atoms with Crippen LogP contribution >= 0.6 is 0 Å².